The molecule has 5 rings (SSSR count). The van der Waals surface area contributed by atoms with Crippen LogP contribution in [0, 0.1) is 11.2 Å². The predicted octanol–water partition coefficient (Wildman–Crippen LogP) is 8.74. The van der Waals surface area contributed by atoms with Crippen molar-refractivity contribution < 1.29 is 8.78 Å². The van der Waals surface area contributed by atoms with E-state index < -0.39 is 6.17 Å². The summed E-state index contributed by atoms with van der Waals surface area (Å²) in [5.41, 5.74) is 6.91. The second-order valence-electron chi connectivity index (χ2n) is 10.5. The molecule has 2 aromatic heterocycles. The molecule has 0 amide bonds. The van der Waals surface area contributed by atoms with E-state index in [0.717, 1.165) is 53.8 Å². The van der Waals surface area contributed by atoms with Crippen LogP contribution in [-0.2, 0) is 6.42 Å². The van der Waals surface area contributed by atoms with Gasteiger partial charge in [0.05, 0.1) is 5.69 Å². The van der Waals surface area contributed by atoms with Gasteiger partial charge in [-0.05, 0) is 88.2 Å². The number of thiophene rings is 1. The fourth-order valence-corrected chi connectivity index (χ4v) is 6.74. The van der Waals surface area contributed by atoms with E-state index in [1.165, 1.54) is 30.5 Å². The third kappa shape index (κ3) is 3.91. The number of benzene rings is 1. The van der Waals surface area contributed by atoms with Crippen molar-refractivity contribution in [3.05, 3.63) is 75.0 Å². The summed E-state index contributed by atoms with van der Waals surface area (Å²) >= 11 is 1.65. The molecule has 3 aromatic rings. The van der Waals surface area contributed by atoms with Crippen LogP contribution >= 0.6 is 11.3 Å². The van der Waals surface area contributed by atoms with E-state index in [2.05, 4.69) is 37.6 Å². The first-order valence-electron chi connectivity index (χ1n) is 11.8. The first-order valence-corrected chi connectivity index (χ1v) is 12.8. The molecule has 0 spiro atoms. The van der Waals surface area contributed by atoms with Crippen LogP contribution in [0.15, 0.2) is 41.1 Å². The van der Waals surface area contributed by atoms with Gasteiger partial charge in [-0.25, -0.2) is 8.78 Å². The topological polar surface area (TPSA) is 12.9 Å². The number of rotatable bonds is 4. The van der Waals surface area contributed by atoms with Crippen LogP contribution in [0.4, 0.5) is 8.78 Å². The maximum atomic E-state index is 16.5. The highest BCUT2D eigenvalue weighted by Crippen LogP contribution is 2.51. The minimum absolute atomic E-state index is 0.186. The van der Waals surface area contributed by atoms with Gasteiger partial charge in [0.15, 0.2) is 6.17 Å². The van der Waals surface area contributed by atoms with Crippen molar-refractivity contribution in [3.63, 3.8) is 0 Å². The molecule has 32 heavy (non-hydrogen) atoms. The lowest BCUT2D eigenvalue weighted by molar-refractivity contribution is 0.283. The highest BCUT2D eigenvalue weighted by atomic mass is 32.1. The Hall–Kier alpha value is -2.07. The fourth-order valence-electron chi connectivity index (χ4n) is 6.09. The molecule has 0 bridgehead atoms. The van der Waals surface area contributed by atoms with E-state index in [0.29, 0.717) is 17.4 Å². The lowest BCUT2D eigenvalue weighted by Gasteiger charge is -2.38. The third-order valence-electron chi connectivity index (χ3n) is 7.35. The number of halogens is 2. The zero-order chi connectivity index (χ0) is 22.5. The number of aromatic nitrogens is 1. The average molecular weight is 452 g/mol. The highest BCUT2D eigenvalue weighted by molar-refractivity contribution is 7.08. The van der Waals surface area contributed by atoms with Gasteiger partial charge < -0.3 is 0 Å². The van der Waals surface area contributed by atoms with Gasteiger partial charge in [-0.15, -0.1) is 0 Å². The average Bonchev–Trinajstić information content (AvgIpc) is 3.46. The van der Waals surface area contributed by atoms with Crippen LogP contribution in [0.5, 0.6) is 0 Å². The molecular weight excluding hydrogens is 420 g/mol. The summed E-state index contributed by atoms with van der Waals surface area (Å²) in [6.45, 7) is 6.90. The summed E-state index contributed by atoms with van der Waals surface area (Å²) in [5.74, 6) is 0.272. The molecule has 0 saturated heterocycles. The summed E-state index contributed by atoms with van der Waals surface area (Å²) in [6, 6.07) is 8.01. The van der Waals surface area contributed by atoms with Gasteiger partial charge in [0, 0.05) is 17.2 Å². The van der Waals surface area contributed by atoms with Gasteiger partial charge in [0.2, 0.25) is 0 Å². The highest BCUT2D eigenvalue weighted by Gasteiger charge is 2.38. The standard InChI is InChI=1S/C28H31F2NS/c1-17-14-28(2,3)15-22-23(17)24(20-12-13-32-16-20)25(27(31-22)19-6-4-5-7-19)26(30)18-8-10-21(29)11-9-18/h8-13,16-17,19,26H,4-7,14-15H2,1-3H3/t17-,26?/m0/s1. The summed E-state index contributed by atoms with van der Waals surface area (Å²) < 4.78 is 30.1. The van der Waals surface area contributed by atoms with Gasteiger partial charge in [-0.3, -0.25) is 4.98 Å². The molecule has 1 nitrogen and oxygen atoms in total. The van der Waals surface area contributed by atoms with Crippen LogP contribution in [0.3, 0.4) is 0 Å². The number of alkyl halides is 1. The lowest BCUT2D eigenvalue weighted by Crippen LogP contribution is -2.28. The first kappa shape index (κ1) is 21.8. The Morgan fingerprint density at radius 3 is 2.47 bits per heavy atom. The molecule has 4 heteroatoms. The van der Waals surface area contributed by atoms with Crippen molar-refractivity contribution >= 4 is 11.3 Å². The van der Waals surface area contributed by atoms with Crippen molar-refractivity contribution in [2.75, 3.05) is 0 Å². The van der Waals surface area contributed by atoms with Gasteiger partial charge >= 0.3 is 0 Å². The Bertz CT molecular complexity index is 1100. The second-order valence-corrected chi connectivity index (χ2v) is 11.3. The summed E-state index contributed by atoms with van der Waals surface area (Å²) in [4.78, 5) is 5.27. The Balaban J connectivity index is 1.80. The minimum Gasteiger partial charge on any atom is -0.257 e. The zero-order valence-corrected chi connectivity index (χ0v) is 19.9. The van der Waals surface area contributed by atoms with Crippen molar-refractivity contribution in [2.24, 2.45) is 5.41 Å². The zero-order valence-electron chi connectivity index (χ0n) is 19.1. The fraction of sp³-hybridized carbons (Fsp3) is 0.464. The molecule has 1 aromatic carbocycles. The molecular formula is C28H31F2NS. The number of hydrogen-bond acceptors (Lipinski definition) is 2. The van der Waals surface area contributed by atoms with E-state index in [4.69, 9.17) is 4.98 Å². The third-order valence-corrected chi connectivity index (χ3v) is 8.03. The van der Waals surface area contributed by atoms with Crippen molar-refractivity contribution in [3.8, 4) is 11.1 Å². The molecule has 2 atom stereocenters. The molecule has 1 fully saturated rings. The van der Waals surface area contributed by atoms with Crippen LogP contribution in [0.1, 0.15) is 99.0 Å². The maximum Gasteiger partial charge on any atom is 0.153 e. The van der Waals surface area contributed by atoms with E-state index in [-0.39, 0.29) is 11.2 Å². The molecule has 168 valence electrons. The maximum absolute atomic E-state index is 16.5. The van der Waals surface area contributed by atoms with Crippen LogP contribution in [-0.4, -0.2) is 4.98 Å². The van der Waals surface area contributed by atoms with Crippen molar-refractivity contribution in [2.45, 2.75) is 77.3 Å². The number of fused-ring (bicyclic) bond motifs is 1. The van der Waals surface area contributed by atoms with E-state index in [1.54, 1.807) is 23.5 Å². The van der Waals surface area contributed by atoms with Gasteiger partial charge in [0.1, 0.15) is 5.82 Å². The number of nitrogens with zero attached hydrogens (tertiary/aromatic N) is 1. The Morgan fingerprint density at radius 2 is 1.81 bits per heavy atom. The molecule has 0 radical (unpaired) electrons. The normalized spacial score (nSPS) is 21.5. The molecule has 0 aliphatic heterocycles. The van der Waals surface area contributed by atoms with E-state index in [9.17, 15) is 4.39 Å². The molecule has 0 N–H and O–H groups in total. The Morgan fingerprint density at radius 1 is 1.09 bits per heavy atom. The lowest BCUT2D eigenvalue weighted by atomic mass is 9.68. The summed E-state index contributed by atoms with van der Waals surface area (Å²) in [7, 11) is 0. The van der Waals surface area contributed by atoms with E-state index in [1.807, 2.05) is 0 Å². The van der Waals surface area contributed by atoms with Crippen molar-refractivity contribution in [1.82, 2.24) is 4.98 Å². The monoisotopic (exact) mass is 451 g/mol. The first-order chi connectivity index (χ1) is 15.3. The molecule has 1 unspecified atom stereocenters. The summed E-state index contributed by atoms with van der Waals surface area (Å²) in [5, 5.41) is 4.21. The van der Waals surface area contributed by atoms with Gasteiger partial charge in [0.25, 0.3) is 0 Å². The molecule has 2 aliphatic carbocycles. The largest absolute Gasteiger partial charge is 0.257 e. The van der Waals surface area contributed by atoms with Crippen LogP contribution < -0.4 is 0 Å². The number of pyridine rings is 1. The molecule has 1 saturated carbocycles. The molecule has 2 aliphatic rings. The van der Waals surface area contributed by atoms with Crippen LogP contribution in [0.25, 0.3) is 11.1 Å². The van der Waals surface area contributed by atoms with Crippen LogP contribution in [0.2, 0.25) is 0 Å². The Labute approximate surface area is 193 Å². The van der Waals surface area contributed by atoms with E-state index >= 15 is 4.39 Å². The summed E-state index contributed by atoms with van der Waals surface area (Å²) in [6.07, 6.45) is 5.15. The number of hydrogen-bond donors (Lipinski definition) is 0. The van der Waals surface area contributed by atoms with Gasteiger partial charge in [-0.1, -0.05) is 45.7 Å². The SMILES string of the molecule is C[C@H]1CC(C)(C)Cc2nc(C3CCCC3)c(C(F)c3ccc(F)cc3)c(-c3ccsc3)c21. The smallest absolute Gasteiger partial charge is 0.153 e. The Kier molecular flexibility index (Phi) is 5.69. The minimum atomic E-state index is -1.32. The quantitative estimate of drug-likeness (QED) is 0.386. The predicted molar refractivity (Wildman–Crippen MR) is 129 cm³/mol. The van der Waals surface area contributed by atoms with Gasteiger partial charge in [-0.2, -0.15) is 11.3 Å². The second kappa shape index (κ2) is 8.37. The van der Waals surface area contributed by atoms with Crippen molar-refractivity contribution in [1.29, 1.82) is 0 Å². The molecule has 2 heterocycles.